The van der Waals surface area contributed by atoms with Crippen molar-refractivity contribution in [2.24, 2.45) is 34.5 Å². The fraction of sp³-hybridized carbons (Fsp3) is 0.958. The number of carbonyl (C=O) groups excluding carboxylic acids is 1. The molecule has 4 saturated carbocycles. The minimum Gasteiger partial charge on any atom is -0.378 e. The highest BCUT2D eigenvalue weighted by molar-refractivity contribution is 5.87. The smallest absolute Gasteiger partial charge is 0.139 e. The van der Waals surface area contributed by atoms with E-state index in [0.29, 0.717) is 23.2 Å². The van der Waals surface area contributed by atoms with Crippen LogP contribution in [0.2, 0.25) is 0 Å². The molecule has 7 unspecified atom stereocenters. The molecule has 0 aromatic carbocycles. The monoisotopic (exact) mass is 375 g/mol. The quantitative estimate of drug-likeness (QED) is 0.638. The maximum Gasteiger partial charge on any atom is 0.139 e. The van der Waals surface area contributed by atoms with E-state index in [1.807, 2.05) is 0 Å². The summed E-state index contributed by atoms with van der Waals surface area (Å²) in [6, 6.07) is 0. The van der Waals surface area contributed by atoms with Crippen LogP contribution in [0.4, 0.5) is 0 Å². The van der Waals surface area contributed by atoms with Gasteiger partial charge in [-0.2, -0.15) is 0 Å². The molecule has 0 bridgehead atoms. The highest BCUT2D eigenvalue weighted by Crippen LogP contribution is 2.65. The van der Waals surface area contributed by atoms with E-state index in [2.05, 4.69) is 32.8 Å². The number of Topliss-reactive ketones (excluding diaryl/α,β-unsaturated/α-hetero) is 1. The topological polar surface area (TPSA) is 29.5 Å². The van der Waals surface area contributed by atoms with Gasteiger partial charge in [0.05, 0.1) is 6.10 Å². The molecule has 4 fully saturated rings. The maximum absolute atomic E-state index is 12.6. The van der Waals surface area contributed by atoms with Crippen LogP contribution in [0.5, 0.6) is 0 Å². The molecule has 4 aliphatic carbocycles. The number of hydrogen-bond donors (Lipinski definition) is 0. The molecular formula is C24H41NO2. The number of rotatable bonds is 5. The predicted molar refractivity (Wildman–Crippen MR) is 110 cm³/mol. The lowest BCUT2D eigenvalue weighted by molar-refractivity contribution is -0.145. The molecule has 0 N–H and O–H groups in total. The standard InChI is InChI=1S/C24H41NO2/c1-23-12-10-18(27-15-5-14-25(3)4)16-17(23)6-7-19-20-8-9-22(26)24(20,2)13-11-21(19)23/h17-21H,5-16H2,1-4H3. The predicted octanol–water partition coefficient (Wildman–Crippen LogP) is 4.94. The SMILES string of the molecule is CN(C)CCCOC1CCC2(C)C(CCC3C4CCC(=O)C4(C)CCC32)C1. The van der Waals surface area contributed by atoms with Crippen molar-refractivity contribution in [1.82, 2.24) is 4.90 Å². The highest BCUT2D eigenvalue weighted by Gasteiger charge is 2.60. The van der Waals surface area contributed by atoms with Crippen molar-refractivity contribution >= 4 is 5.78 Å². The molecule has 0 spiro atoms. The normalized spacial score (nSPS) is 46.9. The van der Waals surface area contributed by atoms with Gasteiger partial charge in [0.2, 0.25) is 0 Å². The van der Waals surface area contributed by atoms with Crippen LogP contribution in [0, 0.1) is 34.5 Å². The molecule has 27 heavy (non-hydrogen) atoms. The van der Waals surface area contributed by atoms with Crippen molar-refractivity contribution in [2.45, 2.75) is 84.2 Å². The molecule has 0 aliphatic heterocycles. The van der Waals surface area contributed by atoms with Gasteiger partial charge in [0.1, 0.15) is 5.78 Å². The fourth-order valence-electron chi connectivity index (χ4n) is 7.77. The van der Waals surface area contributed by atoms with Gasteiger partial charge in [0, 0.05) is 18.4 Å². The van der Waals surface area contributed by atoms with Gasteiger partial charge in [-0.1, -0.05) is 13.8 Å². The Kier molecular flexibility index (Phi) is 5.48. The molecule has 4 aliphatic rings. The third-order valence-electron chi connectivity index (χ3n) is 9.43. The van der Waals surface area contributed by atoms with E-state index >= 15 is 0 Å². The first-order chi connectivity index (χ1) is 12.8. The van der Waals surface area contributed by atoms with Crippen LogP contribution in [0.25, 0.3) is 0 Å². The van der Waals surface area contributed by atoms with Gasteiger partial charge < -0.3 is 9.64 Å². The van der Waals surface area contributed by atoms with E-state index in [9.17, 15) is 4.79 Å². The zero-order valence-electron chi connectivity index (χ0n) is 18.1. The first-order valence-corrected chi connectivity index (χ1v) is 11.6. The number of ether oxygens (including phenoxy) is 1. The second-order valence-corrected chi connectivity index (χ2v) is 11.0. The van der Waals surface area contributed by atoms with Gasteiger partial charge in [-0.3, -0.25) is 4.79 Å². The Morgan fingerprint density at radius 3 is 2.63 bits per heavy atom. The summed E-state index contributed by atoms with van der Waals surface area (Å²) in [5, 5.41) is 0. The summed E-state index contributed by atoms with van der Waals surface area (Å²) >= 11 is 0. The van der Waals surface area contributed by atoms with Crippen molar-refractivity contribution in [3.05, 3.63) is 0 Å². The molecule has 0 aromatic rings. The molecule has 3 heteroatoms. The van der Waals surface area contributed by atoms with Crippen LogP contribution >= 0.6 is 0 Å². The molecule has 0 amide bonds. The van der Waals surface area contributed by atoms with Crippen LogP contribution in [0.3, 0.4) is 0 Å². The Bertz CT molecular complexity index is 561. The highest BCUT2D eigenvalue weighted by atomic mass is 16.5. The van der Waals surface area contributed by atoms with Gasteiger partial charge in [0.25, 0.3) is 0 Å². The van der Waals surface area contributed by atoms with Crippen molar-refractivity contribution in [1.29, 1.82) is 0 Å². The first-order valence-electron chi connectivity index (χ1n) is 11.6. The van der Waals surface area contributed by atoms with E-state index in [1.54, 1.807) is 0 Å². The number of carbonyl (C=O) groups is 1. The molecule has 154 valence electrons. The van der Waals surface area contributed by atoms with E-state index in [1.165, 1.54) is 44.9 Å². The minimum atomic E-state index is 0.0249. The number of nitrogens with zero attached hydrogens (tertiary/aromatic N) is 1. The molecular weight excluding hydrogens is 334 g/mol. The lowest BCUT2D eigenvalue weighted by atomic mass is 9.45. The minimum absolute atomic E-state index is 0.0249. The first kappa shape index (κ1) is 19.9. The van der Waals surface area contributed by atoms with Crippen LogP contribution < -0.4 is 0 Å². The van der Waals surface area contributed by atoms with E-state index in [0.717, 1.165) is 50.2 Å². The fourth-order valence-corrected chi connectivity index (χ4v) is 7.77. The summed E-state index contributed by atoms with van der Waals surface area (Å²) in [4.78, 5) is 14.8. The molecule has 7 atom stereocenters. The van der Waals surface area contributed by atoms with E-state index in [-0.39, 0.29) is 5.41 Å². The zero-order valence-corrected chi connectivity index (χ0v) is 18.1. The Morgan fingerprint density at radius 1 is 1.04 bits per heavy atom. The molecule has 0 saturated heterocycles. The Balaban J connectivity index is 1.38. The summed E-state index contributed by atoms with van der Waals surface area (Å²) in [7, 11) is 4.27. The summed E-state index contributed by atoms with van der Waals surface area (Å²) in [6.45, 7) is 6.95. The molecule has 0 radical (unpaired) electrons. The third kappa shape index (κ3) is 3.41. The summed E-state index contributed by atoms with van der Waals surface area (Å²) in [5.74, 6) is 3.77. The summed E-state index contributed by atoms with van der Waals surface area (Å²) in [6.07, 6.45) is 12.7. The van der Waals surface area contributed by atoms with Crippen molar-refractivity contribution in [3.8, 4) is 0 Å². The van der Waals surface area contributed by atoms with Gasteiger partial charge in [-0.15, -0.1) is 0 Å². The van der Waals surface area contributed by atoms with Gasteiger partial charge in [0.15, 0.2) is 0 Å². The van der Waals surface area contributed by atoms with Crippen molar-refractivity contribution in [3.63, 3.8) is 0 Å². The van der Waals surface area contributed by atoms with E-state index < -0.39 is 0 Å². The molecule has 0 aromatic heterocycles. The zero-order chi connectivity index (χ0) is 19.2. The summed E-state index contributed by atoms with van der Waals surface area (Å²) < 4.78 is 6.29. The second-order valence-electron chi connectivity index (χ2n) is 11.0. The third-order valence-corrected chi connectivity index (χ3v) is 9.43. The van der Waals surface area contributed by atoms with Gasteiger partial charge in [-0.05, 0) is 108 Å². The maximum atomic E-state index is 12.6. The number of hydrogen-bond acceptors (Lipinski definition) is 3. The van der Waals surface area contributed by atoms with Crippen LogP contribution in [-0.2, 0) is 9.53 Å². The van der Waals surface area contributed by atoms with Gasteiger partial charge in [-0.25, -0.2) is 0 Å². The van der Waals surface area contributed by atoms with Crippen LogP contribution in [0.15, 0.2) is 0 Å². The van der Waals surface area contributed by atoms with Crippen molar-refractivity contribution in [2.75, 3.05) is 27.2 Å². The summed E-state index contributed by atoms with van der Waals surface area (Å²) in [5.41, 5.74) is 0.524. The van der Waals surface area contributed by atoms with Crippen LogP contribution in [0.1, 0.15) is 78.1 Å². The van der Waals surface area contributed by atoms with Crippen molar-refractivity contribution < 1.29 is 9.53 Å². The van der Waals surface area contributed by atoms with E-state index in [4.69, 9.17) is 4.74 Å². The number of ketones is 1. The van der Waals surface area contributed by atoms with Crippen LogP contribution in [-0.4, -0.2) is 44.0 Å². The van der Waals surface area contributed by atoms with Gasteiger partial charge >= 0.3 is 0 Å². The lowest BCUT2D eigenvalue weighted by Crippen LogP contribution is -2.54. The number of fused-ring (bicyclic) bond motifs is 5. The average Bonchev–Trinajstić information content (AvgIpc) is 2.94. The largest absolute Gasteiger partial charge is 0.378 e. The average molecular weight is 376 g/mol. The molecule has 4 rings (SSSR count). The Hall–Kier alpha value is -0.410. The second kappa shape index (κ2) is 7.44. The Labute approximate surface area is 166 Å². The molecule has 0 heterocycles. The lowest BCUT2D eigenvalue weighted by Gasteiger charge is -2.60. The Morgan fingerprint density at radius 2 is 1.85 bits per heavy atom. The molecule has 3 nitrogen and oxygen atoms in total.